The molecule has 2 aromatic heterocycles. The van der Waals surface area contributed by atoms with Gasteiger partial charge >= 0.3 is 0 Å². The van der Waals surface area contributed by atoms with Gasteiger partial charge < -0.3 is 14.4 Å². The number of aromatic nitrogens is 5. The van der Waals surface area contributed by atoms with Crippen LogP contribution in [0.15, 0.2) is 18.7 Å². The Morgan fingerprint density at radius 2 is 2.30 bits per heavy atom. The second-order valence-electron chi connectivity index (χ2n) is 6.21. The Bertz CT molecular complexity index is 634. The van der Waals surface area contributed by atoms with Gasteiger partial charge in [0.2, 0.25) is 5.82 Å². The fourth-order valence-electron chi connectivity index (χ4n) is 3.01. The molecule has 23 heavy (non-hydrogen) atoms. The van der Waals surface area contributed by atoms with Gasteiger partial charge in [-0.1, -0.05) is 0 Å². The lowest BCUT2D eigenvalue weighted by Gasteiger charge is -2.32. The number of H-pyrrole nitrogens is 1. The van der Waals surface area contributed by atoms with E-state index in [-0.39, 0.29) is 11.8 Å². The molecule has 0 aromatic carbocycles. The van der Waals surface area contributed by atoms with Crippen LogP contribution in [-0.4, -0.2) is 74.2 Å². The molecule has 0 saturated carbocycles. The summed E-state index contributed by atoms with van der Waals surface area (Å²) in [5, 5.41) is 6.41. The Kier molecular flexibility index (Phi) is 4.71. The number of likely N-dealkylation sites (N-methyl/N-ethyl adjacent to an activating group) is 1. The maximum Gasteiger partial charge on any atom is 0.291 e. The van der Waals surface area contributed by atoms with Gasteiger partial charge in [-0.3, -0.25) is 9.89 Å². The van der Waals surface area contributed by atoms with Crippen LogP contribution in [0.4, 0.5) is 0 Å². The number of hydrogen-bond acceptors (Lipinski definition) is 5. The number of nitrogens with one attached hydrogen (secondary N) is 1. The van der Waals surface area contributed by atoms with Crippen molar-refractivity contribution in [1.82, 2.24) is 34.5 Å². The summed E-state index contributed by atoms with van der Waals surface area (Å²) >= 11 is 0. The Morgan fingerprint density at radius 1 is 1.43 bits per heavy atom. The summed E-state index contributed by atoms with van der Waals surface area (Å²) in [7, 11) is 4.13. The zero-order chi connectivity index (χ0) is 16.2. The Hall–Kier alpha value is -2.22. The highest BCUT2D eigenvalue weighted by Crippen LogP contribution is 2.26. The van der Waals surface area contributed by atoms with Crippen molar-refractivity contribution in [3.8, 4) is 0 Å². The number of imidazole rings is 1. The van der Waals surface area contributed by atoms with Gasteiger partial charge in [0.15, 0.2) is 0 Å². The van der Waals surface area contributed by atoms with E-state index in [1.807, 2.05) is 17.3 Å². The molecule has 3 heterocycles. The molecule has 8 nitrogen and oxygen atoms in total. The third-order valence-electron chi connectivity index (χ3n) is 4.23. The lowest BCUT2D eigenvalue weighted by atomic mass is 9.97. The minimum atomic E-state index is -0.0846. The Morgan fingerprint density at radius 3 is 3.04 bits per heavy atom. The number of likely N-dealkylation sites (tertiary alicyclic amines) is 1. The molecule has 1 amide bonds. The highest BCUT2D eigenvalue weighted by molar-refractivity contribution is 5.90. The molecule has 8 heteroatoms. The van der Waals surface area contributed by atoms with Crippen molar-refractivity contribution in [1.29, 1.82) is 0 Å². The molecule has 2 aromatic rings. The third-order valence-corrected chi connectivity index (χ3v) is 4.23. The standard InChI is InChI=1S/C15H23N7O/c1-20(2)8-9-21-7-5-16-14(21)12-4-3-6-22(10-12)15(23)13-17-11-18-19-13/h5,7,11-12H,3-4,6,8-10H2,1-2H3,(H,17,18,19)/t12-/m0/s1. The number of aromatic amines is 1. The van der Waals surface area contributed by atoms with Crippen molar-refractivity contribution < 1.29 is 4.79 Å². The van der Waals surface area contributed by atoms with E-state index >= 15 is 0 Å². The van der Waals surface area contributed by atoms with Crippen LogP contribution in [0.5, 0.6) is 0 Å². The molecule has 1 N–H and O–H groups in total. The van der Waals surface area contributed by atoms with Crippen LogP contribution in [0.1, 0.15) is 35.2 Å². The van der Waals surface area contributed by atoms with E-state index < -0.39 is 0 Å². The van der Waals surface area contributed by atoms with Gasteiger partial charge in [0.05, 0.1) is 0 Å². The number of amides is 1. The molecule has 0 bridgehead atoms. The third kappa shape index (κ3) is 3.58. The van der Waals surface area contributed by atoms with Crippen molar-refractivity contribution in [2.45, 2.75) is 25.3 Å². The fraction of sp³-hybridized carbons (Fsp3) is 0.600. The van der Waals surface area contributed by atoms with Crippen LogP contribution in [0.2, 0.25) is 0 Å². The van der Waals surface area contributed by atoms with Gasteiger partial charge in [0.25, 0.3) is 5.91 Å². The van der Waals surface area contributed by atoms with E-state index in [9.17, 15) is 4.79 Å². The largest absolute Gasteiger partial charge is 0.335 e. The number of hydrogen-bond donors (Lipinski definition) is 1. The van der Waals surface area contributed by atoms with Gasteiger partial charge in [-0.05, 0) is 26.9 Å². The molecule has 3 rings (SSSR count). The molecule has 1 aliphatic rings. The first-order valence-electron chi connectivity index (χ1n) is 7.95. The minimum Gasteiger partial charge on any atom is -0.335 e. The van der Waals surface area contributed by atoms with E-state index in [1.54, 1.807) is 0 Å². The Balaban J connectivity index is 1.69. The Labute approximate surface area is 135 Å². The van der Waals surface area contributed by atoms with Crippen LogP contribution < -0.4 is 0 Å². The van der Waals surface area contributed by atoms with E-state index in [4.69, 9.17) is 0 Å². The summed E-state index contributed by atoms with van der Waals surface area (Å²) in [6.07, 6.45) is 7.27. The maximum absolute atomic E-state index is 12.4. The summed E-state index contributed by atoms with van der Waals surface area (Å²) in [6, 6.07) is 0. The SMILES string of the molecule is CN(C)CCn1ccnc1[C@H]1CCCN(C(=O)c2ncn[nH]2)C1. The van der Waals surface area contributed by atoms with Gasteiger partial charge in [-0.25, -0.2) is 9.97 Å². The highest BCUT2D eigenvalue weighted by Gasteiger charge is 2.29. The molecule has 0 aliphatic carbocycles. The van der Waals surface area contributed by atoms with Gasteiger partial charge in [0.1, 0.15) is 12.2 Å². The van der Waals surface area contributed by atoms with Crippen LogP contribution >= 0.6 is 0 Å². The predicted molar refractivity (Wildman–Crippen MR) is 85.0 cm³/mol. The van der Waals surface area contributed by atoms with Crippen molar-refractivity contribution in [2.75, 3.05) is 33.7 Å². The number of rotatable bonds is 5. The topological polar surface area (TPSA) is 82.9 Å². The molecule has 1 saturated heterocycles. The quantitative estimate of drug-likeness (QED) is 0.872. The molecular weight excluding hydrogens is 294 g/mol. The lowest BCUT2D eigenvalue weighted by molar-refractivity contribution is 0.0691. The summed E-state index contributed by atoms with van der Waals surface area (Å²) < 4.78 is 2.20. The second kappa shape index (κ2) is 6.91. The van der Waals surface area contributed by atoms with E-state index in [2.05, 4.69) is 43.7 Å². The van der Waals surface area contributed by atoms with Crippen molar-refractivity contribution in [3.63, 3.8) is 0 Å². The predicted octanol–water partition coefficient (Wildman–Crippen LogP) is 0.583. The zero-order valence-electron chi connectivity index (χ0n) is 13.6. The summed E-state index contributed by atoms with van der Waals surface area (Å²) in [4.78, 5) is 24.9. The molecule has 1 fully saturated rings. The average molecular weight is 317 g/mol. The monoisotopic (exact) mass is 317 g/mol. The van der Waals surface area contributed by atoms with E-state index in [0.29, 0.717) is 12.4 Å². The first kappa shape index (κ1) is 15.7. The smallest absolute Gasteiger partial charge is 0.291 e. The number of piperidine rings is 1. The van der Waals surface area contributed by atoms with Crippen LogP contribution in [-0.2, 0) is 6.54 Å². The molecule has 0 spiro atoms. The van der Waals surface area contributed by atoms with Gasteiger partial charge in [-0.2, -0.15) is 5.10 Å². The van der Waals surface area contributed by atoms with Gasteiger partial charge in [-0.15, -0.1) is 0 Å². The lowest BCUT2D eigenvalue weighted by Crippen LogP contribution is -2.40. The molecule has 124 valence electrons. The highest BCUT2D eigenvalue weighted by atomic mass is 16.2. The number of carbonyl (C=O) groups excluding carboxylic acids is 1. The zero-order valence-corrected chi connectivity index (χ0v) is 13.6. The van der Waals surface area contributed by atoms with Crippen molar-refractivity contribution in [3.05, 3.63) is 30.4 Å². The second-order valence-corrected chi connectivity index (χ2v) is 6.21. The van der Waals surface area contributed by atoms with Crippen molar-refractivity contribution >= 4 is 5.91 Å². The van der Waals surface area contributed by atoms with Crippen LogP contribution in [0.3, 0.4) is 0 Å². The molecular formula is C15H23N7O. The molecule has 1 aliphatic heterocycles. The van der Waals surface area contributed by atoms with E-state index in [1.165, 1.54) is 6.33 Å². The molecule has 0 unspecified atom stereocenters. The normalized spacial score (nSPS) is 18.6. The van der Waals surface area contributed by atoms with Crippen LogP contribution in [0.25, 0.3) is 0 Å². The fourth-order valence-corrected chi connectivity index (χ4v) is 3.01. The summed E-state index contributed by atoms with van der Waals surface area (Å²) in [5.41, 5.74) is 0. The maximum atomic E-state index is 12.4. The van der Waals surface area contributed by atoms with E-state index in [0.717, 1.165) is 38.3 Å². The molecule has 0 radical (unpaired) electrons. The van der Waals surface area contributed by atoms with Crippen molar-refractivity contribution in [2.24, 2.45) is 0 Å². The number of carbonyl (C=O) groups is 1. The van der Waals surface area contributed by atoms with Gasteiger partial charge in [0, 0.05) is 44.5 Å². The van der Waals surface area contributed by atoms with Crippen LogP contribution in [0, 0.1) is 0 Å². The average Bonchev–Trinajstić information content (AvgIpc) is 3.23. The number of nitrogens with zero attached hydrogens (tertiary/aromatic N) is 6. The first-order valence-corrected chi connectivity index (χ1v) is 7.95. The summed E-state index contributed by atoms with van der Waals surface area (Å²) in [6.45, 7) is 3.32. The minimum absolute atomic E-state index is 0.0846. The molecule has 1 atom stereocenters. The summed E-state index contributed by atoms with van der Waals surface area (Å²) in [5.74, 6) is 1.56. The first-order chi connectivity index (χ1) is 11.1.